The molecule has 9 nitrogen and oxygen atoms in total. The minimum Gasteiger partial charge on any atom is -0.507 e. The number of furan rings is 1. The fourth-order valence-corrected chi connectivity index (χ4v) is 4.46. The molecule has 1 N–H and O–H groups in total. The summed E-state index contributed by atoms with van der Waals surface area (Å²) in [6.07, 6.45) is 2.07. The number of rotatable bonds is 8. The number of amides is 1. The van der Waals surface area contributed by atoms with Crippen LogP contribution in [0.25, 0.3) is 5.76 Å². The van der Waals surface area contributed by atoms with E-state index in [4.69, 9.17) is 4.42 Å². The number of hydrogen-bond acceptors (Lipinski definition) is 7. The van der Waals surface area contributed by atoms with E-state index in [9.17, 15) is 23.1 Å². The second-order valence-corrected chi connectivity index (χ2v) is 10.1. The van der Waals surface area contributed by atoms with Crippen LogP contribution >= 0.6 is 0 Å². The minimum absolute atomic E-state index is 0.0470. The Kier molecular flexibility index (Phi) is 6.87. The zero-order valence-corrected chi connectivity index (χ0v) is 19.3. The minimum atomic E-state index is -3.64. The second-order valence-electron chi connectivity index (χ2n) is 7.98. The van der Waals surface area contributed by atoms with E-state index in [1.54, 1.807) is 12.1 Å². The largest absolute Gasteiger partial charge is 0.507 e. The molecule has 2 aromatic rings. The normalized spacial score (nSPS) is 18.8. The van der Waals surface area contributed by atoms with Crippen molar-refractivity contribution in [2.75, 3.05) is 41.3 Å². The number of nitrogens with zero attached hydrogens (tertiary/aromatic N) is 3. The predicted molar refractivity (Wildman–Crippen MR) is 118 cm³/mol. The lowest BCUT2D eigenvalue weighted by atomic mass is 9.99. The van der Waals surface area contributed by atoms with E-state index in [1.165, 1.54) is 49.5 Å². The van der Waals surface area contributed by atoms with E-state index in [0.717, 1.165) is 10.8 Å². The highest BCUT2D eigenvalue weighted by Gasteiger charge is 2.47. The number of aliphatic hydroxyl groups is 1. The number of likely N-dealkylation sites (tertiary alicyclic amines) is 1. The molecule has 3 rings (SSSR count). The lowest BCUT2D eigenvalue weighted by molar-refractivity contribution is -0.140. The van der Waals surface area contributed by atoms with Crippen molar-refractivity contribution in [3.8, 4) is 0 Å². The van der Waals surface area contributed by atoms with E-state index >= 15 is 0 Å². The molecule has 1 aliphatic heterocycles. The number of hydrogen-bond donors (Lipinski definition) is 1. The van der Waals surface area contributed by atoms with Gasteiger partial charge in [-0.1, -0.05) is 0 Å². The van der Waals surface area contributed by atoms with Crippen molar-refractivity contribution in [2.45, 2.75) is 17.4 Å². The molecule has 1 aliphatic rings. The third kappa shape index (κ3) is 4.47. The Balaban J connectivity index is 2.03. The van der Waals surface area contributed by atoms with Gasteiger partial charge in [0.2, 0.25) is 10.0 Å². The Morgan fingerprint density at radius 1 is 1.09 bits per heavy atom. The molecule has 0 spiro atoms. The first kappa shape index (κ1) is 23.7. The molecule has 0 unspecified atom stereocenters. The van der Waals surface area contributed by atoms with Crippen LogP contribution in [0.2, 0.25) is 0 Å². The number of Topliss-reactive ketones (excluding diaryl/α,β-unsaturated/α-hetero) is 1. The van der Waals surface area contributed by atoms with Crippen LogP contribution in [0.15, 0.2) is 57.5 Å². The fraction of sp³-hybridized carbons (Fsp3) is 0.364. The average Bonchev–Trinajstić information content (AvgIpc) is 3.35. The zero-order chi connectivity index (χ0) is 23.6. The van der Waals surface area contributed by atoms with E-state index < -0.39 is 27.8 Å². The Bertz CT molecular complexity index is 1120. The topological polar surface area (TPSA) is 111 Å². The van der Waals surface area contributed by atoms with Crippen LogP contribution in [0.4, 0.5) is 0 Å². The average molecular weight is 462 g/mol. The highest BCUT2D eigenvalue weighted by atomic mass is 32.2. The third-order valence-electron chi connectivity index (χ3n) is 5.26. The van der Waals surface area contributed by atoms with Crippen molar-refractivity contribution in [1.29, 1.82) is 0 Å². The Morgan fingerprint density at radius 2 is 1.75 bits per heavy atom. The molecule has 0 bridgehead atoms. The van der Waals surface area contributed by atoms with Crippen LogP contribution in [0.5, 0.6) is 0 Å². The van der Waals surface area contributed by atoms with Gasteiger partial charge >= 0.3 is 0 Å². The van der Waals surface area contributed by atoms with Gasteiger partial charge in [-0.25, -0.2) is 12.7 Å². The lowest BCUT2D eigenvalue weighted by Crippen LogP contribution is -2.32. The summed E-state index contributed by atoms with van der Waals surface area (Å²) in [7, 11) is 3.03. The standard InChI is InChI=1S/C22H27N3O6S/c1-23(2)12-6-13-25-19(17-7-5-14-31-17)18(21(27)22(25)28)20(26)15-8-10-16(11-9-15)32(29,30)24(3)4/h5,7-11,14,19,26H,6,12-13H2,1-4H3/b20-18+/t19-/m1/s1. The van der Waals surface area contributed by atoms with Crippen LogP contribution < -0.4 is 0 Å². The van der Waals surface area contributed by atoms with Gasteiger partial charge in [-0.3, -0.25) is 9.59 Å². The van der Waals surface area contributed by atoms with Gasteiger partial charge in [0.15, 0.2) is 0 Å². The lowest BCUT2D eigenvalue weighted by Gasteiger charge is -2.24. The molecular formula is C22H27N3O6S. The highest BCUT2D eigenvalue weighted by Crippen LogP contribution is 2.39. The summed E-state index contributed by atoms with van der Waals surface area (Å²) < 4.78 is 31.2. The fourth-order valence-electron chi connectivity index (χ4n) is 3.56. The van der Waals surface area contributed by atoms with Crippen LogP contribution in [0.3, 0.4) is 0 Å². The first-order valence-electron chi connectivity index (χ1n) is 10.0. The summed E-state index contributed by atoms with van der Waals surface area (Å²) >= 11 is 0. The van der Waals surface area contributed by atoms with E-state index in [0.29, 0.717) is 18.7 Å². The summed E-state index contributed by atoms with van der Waals surface area (Å²) in [5, 5.41) is 11.0. The molecule has 32 heavy (non-hydrogen) atoms. The second kappa shape index (κ2) is 9.27. The third-order valence-corrected chi connectivity index (χ3v) is 7.09. The van der Waals surface area contributed by atoms with Gasteiger partial charge in [-0.05, 0) is 63.5 Å². The van der Waals surface area contributed by atoms with Crippen LogP contribution in [-0.2, 0) is 19.6 Å². The van der Waals surface area contributed by atoms with Crippen LogP contribution in [0, 0.1) is 0 Å². The smallest absolute Gasteiger partial charge is 0.295 e. The van der Waals surface area contributed by atoms with Crippen molar-refractivity contribution in [3.05, 3.63) is 59.6 Å². The first-order chi connectivity index (χ1) is 15.1. The maximum absolute atomic E-state index is 12.9. The Hall–Kier alpha value is -2.95. The van der Waals surface area contributed by atoms with Crippen LogP contribution in [-0.4, -0.2) is 80.6 Å². The molecule has 1 amide bonds. The molecule has 0 radical (unpaired) electrons. The van der Waals surface area contributed by atoms with Crippen molar-refractivity contribution < 1.29 is 27.5 Å². The SMILES string of the molecule is CN(C)CCCN1C(=O)C(=O)/C(=C(/O)c2ccc(S(=O)(=O)N(C)C)cc2)[C@H]1c1ccco1. The summed E-state index contributed by atoms with van der Waals surface area (Å²) in [4.78, 5) is 29.1. The molecule has 10 heteroatoms. The van der Waals surface area contributed by atoms with Crippen molar-refractivity contribution in [3.63, 3.8) is 0 Å². The van der Waals surface area contributed by atoms with Gasteiger partial charge in [0.1, 0.15) is 17.6 Å². The van der Waals surface area contributed by atoms with Gasteiger partial charge in [-0.15, -0.1) is 0 Å². The highest BCUT2D eigenvalue weighted by molar-refractivity contribution is 7.89. The quantitative estimate of drug-likeness (QED) is 0.363. The van der Waals surface area contributed by atoms with Gasteiger partial charge in [0.05, 0.1) is 16.7 Å². The van der Waals surface area contributed by atoms with E-state index in [-0.39, 0.29) is 21.8 Å². The number of aliphatic hydroxyl groups excluding tert-OH is 1. The summed E-state index contributed by atoms with van der Waals surface area (Å²) in [5.41, 5.74) is 0.142. The maximum atomic E-state index is 12.9. The molecule has 0 aliphatic carbocycles. The number of ketones is 1. The van der Waals surface area contributed by atoms with E-state index in [1.807, 2.05) is 19.0 Å². The molecule has 1 atom stereocenters. The van der Waals surface area contributed by atoms with Gasteiger partial charge in [-0.2, -0.15) is 0 Å². The molecule has 0 saturated carbocycles. The van der Waals surface area contributed by atoms with Gasteiger partial charge < -0.3 is 19.3 Å². The molecule has 172 valence electrons. The number of sulfonamides is 1. The number of benzene rings is 1. The molecular weight excluding hydrogens is 434 g/mol. The van der Waals surface area contributed by atoms with Gasteiger partial charge in [0, 0.05) is 26.2 Å². The first-order valence-corrected chi connectivity index (χ1v) is 11.5. The summed E-state index contributed by atoms with van der Waals surface area (Å²) in [5.74, 6) is -1.53. The monoisotopic (exact) mass is 461 g/mol. The predicted octanol–water partition coefficient (Wildman–Crippen LogP) is 1.90. The van der Waals surface area contributed by atoms with Gasteiger partial charge in [0.25, 0.3) is 11.7 Å². The summed E-state index contributed by atoms with van der Waals surface area (Å²) in [6, 6.07) is 7.94. The number of carbonyl (C=O) groups excluding carboxylic acids is 2. The molecule has 2 heterocycles. The Labute approximate surface area is 187 Å². The van der Waals surface area contributed by atoms with Crippen molar-refractivity contribution >= 4 is 27.5 Å². The number of carbonyl (C=O) groups is 2. The van der Waals surface area contributed by atoms with Crippen molar-refractivity contribution in [1.82, 2.24) is 14.1 Å². The molecule has 1 aromatic carbocycles. The van der Waals surface area contributed by atoms with Crippen molar-refractivity contribution in [2.24, 2.45) is 0 Å². The molecule has 1 saturated heterocycles. The maximum Gasteiger partial charge on any atom is 0.295 e. The molecule has 1 aromatic heterocycles. The zero-order valence-electron chi connectivity index (χ0n) is 18.5. The van der Waals surface area contributed by atoms with E-state index in [2.05, 4.69) is 0 Å². The van der Waals surface area contributed by atoms with Crippen LogP contribution in [0.1, 0.15) is 23.8 Å². The molecule has 1 fully saturated rings. The Morgan fingerprint density at radius 3 is 2.28 bits per heavy atom. The summed E-state index contributed by atoms with van der Waals surface area (Å²) in [6.45, 7) is 1.03.